The smallest absolute Gasteiger partial charge is 0.450 e. The molecule has 6 heteroatoms. The number of azo groups is 1. The van der Waals surface area contributed by atoms with Crippen LogP contribution in [0.2, 0.25) is 0 Å². The van der Waals surface area contributed by atoms with Gasteiger partial charge in [0.2, 0.25) is 0 Å². The summed E-state index contributed by atoms with van der Waals surface area (Å²) < 4.78 is 8.87. The van der Waals surface area contributed by atoms with Crippen LogP contribution in [0, 0.1) is 0 Å². The van der Waals surface area contributed by atoms with Gasteiger partial charge in [0.1, 0.15) is 0 Å². The van der Waals surface area contributed by atoms with Gasteiger partial charge in [-0.1, -0.05) is 42.8 Å². The third-order valence-corrected chi connectivity index (χ3v) is 1.86. The van der Waals surface area contributed by atoms with E-state index in [0.29, 0.717) is 6.61 Å². The number of amides is 2. The molecule has 0 radical (unpaired) electrons. The molecule has 0 rings (SSSR count). The minimum Gasteiger partial charge on any atom is -0.450 e. The van der Waals surface area contributed by atoms with Crippen LogP contribution in [0.15, 0.2) is 10.2 Å². The molecule has 0 aromatic heterocycles. The lowest BCUT2D eigenvalue weighted by atomic mass is 10.2. The highest BCUT2D eigenvalue weighted by atomic mass is 16.6. The molecule has 2 amide bonds. The first-order valence-corrected chi connectivity index (χ1v) is 5.37. The Morgan fingerprint density at radius 2 is 1.62 bits per heavy atom. The number of carbonyl (C=O) groups excluding carboxylic acids is 2. The molecule has 0 unspecified atom stereocenters. The largest absolute Gasteiger partial charge is 0.452 e. The highest BCUT2D eigenvalue weighted by molar-refractivity contribution is 5.72. The Morgan fingerprint density at radius 1 is 1.00 bits per heavy atom. The van der Waals surface area contributed by atoms with Crippen molar-refractivity contribution in [3.05, 3.63) is 0 Å². The quantitative estimate of drug-likeness (QED) is 0.518. The van der Waals surface area contributed by atoms with Crippen LogP contribution >= 0.6 is 0 Å². The van der Waals surface area contributed by atoms with Crippen molar-refractivity contribution in [1.29, 1.82) is 0 Å². The summed E-state index contributed by atoms with van der Waals surface area (Å²) >= 11 is 0. The molecule has 0 atom stereocenters. The van der Waals surface area contributed by atoms with Crippen LogP contribution in [0.4, 0.5) is 9.59 Å². The highest BCUT2D eigenvalue weighted by Gasteiger charge is 2.01. The molecule has 0 spiro atoms. The van der Waals surface area contributed by atoms with Gasteiger partial charge in [0.25, 0.3) is 0 Å². The molecule has 92 valence electrons. The summed E-state index contributed by atoms with van der Waals surface area (Å²) in [6, 6.07) is 0. The van der Waals surface area contributed by atoms with Gasteiger partial charge in [-0.05, 0) is 6.42 Å². The van der Waals surface area contributed by atoms with Crippen molar-refractivity contribution in [2.75, 3.05) is 13.7 Å². The molecule has 0 N–H and O–H groups in total. The number of hydrogen-bond donors (Lipinski definition) is 0. The van der Waals surface area contributed by atoms with E-state index in [4.69, 9.17) is 4.74 Å². The molecular formula is C10H18N2O4. The molecule has 0 bridgehead atoms. The van der Waals surface area contributed by atoms with E-state index < -0.39 is 12.2 Å². The van der Waals surface area contributed by atoms with Crippen LogP contribution in [0.25, 0.3) is 0 Å². The van der Waals surface area contributed by atoms with Gasteiger partial charge >= 0.3 is 12.2 Å². The topological polar surface area (TPSA) is 77.3 Å². The average Bonchev–Trinajstić information content (AvgIpc) is 2.30. The maximum atomic E-state index is 10.9. The van der Waals surface area contributed by atoms with E-state index in [0.717, 1.165) is 26.4 Å². The Bertz CT molecular complexity index is 241. The first-order valence-electron chi connectivity index (χ1n) is 5.37. The summed E-state index contributed by atoms with van der Waals surface area (Å²) in [4.78, 5) is 21.3. The van der Waals surface area contributed by atoms with E-state index >= 15 is 0 Å². The number of unbranched alkanes of at least 4 members (excludes halogenated alkanes) is 4. The van der Waals surface area contributed by atoms with Gasteiger partial charge in [-0.3, -0.25) is 0 Å². The molecule has 6 nitrogen and oxygen atoms in total. The molecule has 16 heavy (non-hydrogen) atoms. The third kappa shape index (κ3) is 9.11. The van der Waals surface area contributed by atoms with Gasteiger partial charge in [0, 0.05) is 0 Å². The number of ether oxygens (including phenoxy) is 2. The molecule has 0 saturated carbocycles. The van der Waals surface area contributed by atoms with Gasteiger partial charge in [-0.25, -0.2) is 9.59 Å². The molecule has 0 aromatic carbocycles. The van der Waals surface area contributed by atoms with E-state index in [-0.39, 0.29) is 0 Å². The summed E-state index contributed by atoms with van der Waals surface area (Å²) in [5.74, 6) is 0. The summed E-state index contributed by atoms with van der Waals surface area (Å²) in [5.41, 5.74) is 0. The molecule has 0 aliphatic carbocycles. The molecule has 0 aliphatic heterocycles. The van der Waals surface area contributed by atoms with Crippen LogP contribution in [0.3, 0.4) is 0 Å². The van der Waals surface area contributed by atoms with Gasteiger partial charge in [0.05, 0.1) is 13.7 Å². The second kappa shape index (κ2) is 10.1. The number of methoxy groups -OCH3 is 1. The summed E-state index contributed by atoms with van der Waals surface area (Å²) in [5, 5.41) is 5.98. The van der Waals surface area contributed by atoms with Gasteiger partial charge in [-0.15, -0.1) is 0 Å². The normalized spacial score (nSPS) is 10.4. The number of carbonyl (C=O) groups is 2. The lowest BCUT2D eigenvalue weighted by Crippen LogP contribution is -2.01. The van der Waals surface area contributed by atoms with Gasteiger partial charge in [-0.2, -0.15) is 0 Å². The minimum absolute atomic E-state index is 0.308. The fourth-order valence-electron chi connectivity index (χ4n) is 1.02. The second-order valence-corrected chi connectivity index (χ2v) is 3.20. The molecule has 0 heterocycles. The average molecular weight is 230 g/mol. The van der Waals surface area contributed by atoms with Crippen LogP contribution < -0.4 is 0 Å². The zero-order valence-electron chi connectivity index (χ0n) is 9.77. The molecule has 0 saturated heterocycles. The molecule has 0 fully saturated rings. The number of nitrogens with zero attached hydrogens (tertiary/aromatic N) is 2. The van der Waals surface area contributed by atoms with E-state index in [1.165, 1.54) is 12.8 Å². The Kier molecular flexibility index (Phi) is 9.15. The van der Waals surface area contributed by atoms with Crippen LogP contribution in [0.1, 0.15) is 39.0 Å². The van der Waals surface area contributed by atoms with Crippen LogP contribution in [-0.4, -0.2) is 25.9 Å². The Balaban J connectivity index is 3.44. The SMILES string of the molecule is CCCCCCCOC(=O)N=NC(=O)OC. The zero-order valence-corrected chi connectivity index (χ0v) is 9.77. The van der Waals surface area contributed by atoms with Crippen molar-refractivity contribution in [2.24, 2.45) is 10.2 Å². The van der Waals surface area contributed by atoms with Crippen molar-refractivity contribution in [3.63, 3.8) is 0 Å². The first kappa shape index (κ1) is 14.5. The lowest BCUT2D eigenvalue weighted by molar-refractivity contribution is 0.150. The minimum atomic E-state index is -0.917. The van der Waals surface area contributed by atoms with Crippen molar-refractivity contribution < 1.29 is 19.1 Å². The van der Waals surface area contributed by atoms with Crippen molar-refractivity contribution in [2.45, 2.75) is 39.0 Å². The van der Waals surface area contributed by atoms with Crippen molar-refractivity contribution in [1.82, 2.24) is 0 Å². The fraction of sp³-hybridized carbons (Fsp3) is 0.800. The molecule has 0 aromatic rings. The van der Waals surface area contributed by atoms with Gasteiger partial charge < -0.3 is 9.47 Å². The second-order valence-electron chi connectivity index (χ2n) is 3.20. The summed E-state index contributed by atoms with van der Waals surface area (Å²) in [6.45, 7) is 2.44. The molecule has 0 aliphatic rings. The number of hydrogen-bond acceptors (Lipinski definition) is 4. The van der Waals surface area contributed by atoms with Crippen molar-refractivity contribution >= 4 is 12.2 Å². The van der Waals surface area contributed by atoms with E-state index in [1.54, 1.807) is 0 Å². The predicted molar refractivity (Wildman–Crippen MR) is 57.4 cm³/mol. The third-order valence-electron chi connectivity index (χ3n) is 1.86. The Labute approximate surface area is 95.0 Å². The summed E-state index contributed by atoms with van der Waals surface area (Å²) in [6.07, 6.45) is 3.55. The zero-order chi connectivity index (χ0) is 12.2. The first-order chi connectivity index (χ1) is 7.70. The Morgan fingerprint density at radius 3 is 2.25 bits per heavy atom. The fourth-order valence-corrected chi connectivity index (χ4v) is 1.02. The standard InChI is InChI=1S/C10H18N2O4/c1-3-4-5-6-7-8-16-10(14)12-11-9(13)15-2/h3-8H2,1-2H3. The molecular weight excluding hydrogens is 212 g/mol. The summed E-state index contributed by atoms with van der Waals surface area (Å²) in [7, 11) is 1.15. The maximum Gasteiger partial charge on any atom is 0.452 e. The predicted octanol–water partition coefficient (Wildman–Crippen LogP) is 3.31. The lowest BCUT2D eigenvalue weighted by Gasteiger charge is -2.00. The Hall–Kier alpha value is -1.46. The number of rotatable bonds is 6. The van der Waals surface area contributed by atoms with Crippen LogP contribution in [0.5, 0.6) is 0 Å². The van der Waals surface area contributed by atoms with Crippen LogP contribution in [-0.2, 0) is 9.47 Å². The van der Waals surface area contributed by atoms with E-state index in [9.17, 15) is 9.59 Å². The highest BCUT2D eigenvalue weighted by Crippen LogP contribution is 2.02. The van der Waals surface area contributed by atoms with Gasteiger partial charge in [0.15, 0.2) is 0 Å². The van der Waals surface area contributed by atoms with E-state index in [1.807, 2.05) is 0 Å². The monoisotopic (exact) mass is 230 g/mol. The van der Waals surface area contributed by atoms with Crippen molar-refractivity contribution in [3.8, 4) is 0 Å². The van der Waals surface area contributed by atoms with E-state index in [2.05, 4.69) is 21.9 Å². The maximum absolute atomic E-state index is 10.9.